The molecule has 0 aliphatic rings. The molecule has 0 fully saturated rings. The van der Waals surface area contributed by atoms with Crippen molar-refractivity contribution < 1.29 is 22.0 Å². The number of hydrogen-bond acceptors (Lipinski definition) is 4. The standard InChI is InChI=1S/C7H7F3N2.C7H8F2N2.4C2H6/c1-4-3-6(7(8,9)10)5(2)12-11-4;1-4-3-6(7(8)9)5(2)11-10-4;4*1-2/h3H,1-2H3;3,7H,1-2H3;4*1-2H3. The van der Waals surface area contributed by atoms with Crippen molar-refractivity contribution in [1.82, 2.24) is 20.4 Å². The molecule has 0 N–H and O–H groups in total. The van der Waals surface area contributed by atoms with Crippen molar-refractivity contribution in [3.8, 4) is 0 Å². The van der Waals surface area contributed by atoms with Crippen LogP contribution in [0, 0.1) is 27.7 Å². The van der Waals surface area contributed by atoms with Gasteiger partial charge >= 0.3 is 6.18 Å². The predicted octanol–water partition coefficient (Wildman–Crippen LogP) is 8.25. The van der Waals surface area contributed by atoms with Gasteiger partial charge in [0.25, 0.3) is 6.43 Å². The van der Waals surface area contributed by atoms with Gasteiger partial charge in [0, 0.05) is 5.56 Å². The summed E-state index contributed by atoms with van der Waals surface area (Å²) in [5.74, 6) is 0. The fourth-order valence-corrected chi connectivity index (χ4v) is 1.63. The van der Waals surface area contributed by atoms with Crippen LogP contribution in [0.1, 0.15) is 95.7 Å². The van der Waals surface area contributed by atoms with E-state index in [0.29, 0.717) is 11.4 Å². The zero-order valence-corrected chi connectivity index (χ0v) is 20.9. The summed E-state index contributed by atoms with van der Waals surface area (Å²) in [5.41, 5.74) is 0.255. The minimum atomic E-state index is -4.33. The number of nitrogens with zero attached hydrogens (tertiary/aromatic N) is 4. The van der Waals surface area contributed by atoms with Gasteiger partial charge in [-0.05, 0) is 39.8 Å². The van der Waals surface area contributed by atoms with Crippen LogP contribution in [0.5, 0.6) is 0 Å². The lowest BCUT2D eigenvalue weighted by Crippen LogP contribution is -2.10. The number of rotatable bonds is 1. The lowest BCUT2D eigenvalue weighted by Gasteiger charge is -2.08. The van der Waals surface area contributed by atoms with Gasteiger partial charge in [0.2, 0.25) is 0 Å². The minimum absolute atomic E-state index is 0.0301. The molecule has 182 valence electrons. The van der Waals surface area contributed by atoms with Crippen LogP contribution in [-0.4, -0.2) is 20.4 Å². The summed E-state index contributed by atoms with van der Waals surface area (Å²) in [4.78, 5) is 0. The van der Waals surface area contributed by atoms with E-state index in [1.54, 1.807) is 6.92 Å². The molecule has 0 radical (unpaired) electrons. The highest BCUT2D eigenvalue weighted by atomic mass is 19.4. The summed E-state index contributed by atoms with van der Waals surface area (Å²) >= 11 is 0. The van der Waals surface area contributed by atoms with E-state index < -0.39 is 18.2 Å². The Hall–Kier alpha value is -2.19. The number of aryl methyl sites for hydroxylation is 4. The highest BCUT2D eigenvalue weighted by molar-refractivity contribution is 5.22. The third-order valence-corrected chi connectivity index (χ3v) is 2.78. The van der Waals surface area contributed by atoms with Gasteiger partial charge in [-0.3, -0.25) is 0 Å². The molecule has 0 amide bonds. The SMILES string of the molecule is CC.CC.CC.CC.Cc1cc(C(F)(F)F)c(C)nn1.Cc1cc(C(F)F)c(C)nn1. The van der Waals surface area contributed by atoms with Gasteiger partial charge in [-0.2, -0.15) is 33.6 Å². The average molecular weight is 455 g/mol. The van der Waals surface area contributed by atoms with Crippen LogP contribution < -0.4 is 0 Å². The Balaban J connectivity index is -0.000000178. The van der Waals surface area contributed by atoms with Gasteiger partial charge in [0.05, 0.1) is 28.3 Å². The molecule has 0 spiro atoms. The number of hydrogen-bond donors (Lipinski definition) is 0. The predicted molar refractivity (Wildman–Crippen MR) is 118 cm³/mol. The van der Waals surface area contributed by atoms with Gasteiger partial charge in [-0.1, -0.05) is 55.4 Å². The van der Waals surface area contributed by atoms with Crippen molar-refractivity contribution >= 4 is 0 Å². The largest absolute Gasteiger partial charge is 0.418 e. The summed E-state index contributed by atoms with van der Waals surface area (Å²) in [6, 6.07) is 2.34. The average Bonchev–Trinajstić information content (AvgIpc) is 2.77. The lowest BCUT2D eigenvalue weighted by atomic mass is 10.2. The Bertz CT molecular complexity index is 675. The van der Waals surface area contributed by atoms with Crippen LogP contribution in [0.3, 0.4) is 0 Å². The first-order valence-corrected chi connectivity index (χ1v) is 10.5. The van der Waals surface area contributed by atoms with Crippen molar-refractivity contribution in [3.63, 3.8) is 0 Å². The molecule has 0 aliphatic heterocycles. The third kappa shape index (κ3) is 16.2. The molecule has 0 saturated heterocycles. The molecule has 0 aromatic carbocycles. The van der Waals surface area contributed by atoms with Crippen LogP contribution in [0.2, 0.25) is 0 Å². The van der Waals surface area contributed by atoms with E-state index in [-0.39, 0.29) is 17.0 Å². The molecule has 2 rings (SSSR count). The van der Waals surface area contributed by atoms with E-state index in [1.165, 1.54) is 26.8 Å². The Morgan fingerprint density at radius 3 is 1.26 bits per heavy atom. The van der Waals surface area contributed by atoms with Gasteiger partial charge in [-0.25, -0.2) is 8.78 Å². The quantitative estimate of drug-likeness (QED) is 0.407. The molecule has 0 bridgehead atoms. The van der Waals surface area contributed by atoms with Crippen LogP contribution in [0.15, 0.2) is 12.1 Å². The van der Waals surface area contributed by atoms with E-state index in [0.717, 1.165) is 6.07 Å². The Morgan fingerprint density at radius 1 is 0.613 bits per heavy atom. The molecule has 2 heterocycles. The van der Waals surface area contributed by atoms with E-state index in [4.69, 9.17) is 0 Å². The number of halogens is 5. The normalized spacial score (nSPS) is 9.10. The summed E-state index contributed by atoms with van der Waals surface area (Å²) in [6.45, 7) is 21.9. The van der Waals surface area contributed by atoms with Crippen molar-refractivity contribution in [1.29, 1.82) is 0 Å². The van der Waals surface area contributed by atoms with E-state index in [2.05, 4.69) is 20.4 Å². The molecular weight excluding hydrogens is 415 g/mol. The van der Waals surface area contributed by atoms with Gasteiger partial charge in [0.1, 0.15) is 0 Å². The monoisotopic (exact) mass is 454 g/mol. The van der Waals surface area contributed by atoms with Crippen LogP contribution in [0.25, 0.3) is 0 Å². The second-order valence-corrected chi connectivity index (χ2v) is 4.81. The van der Waals surface area contributed by atoms with Gasteiger partial charge < -0.3 is 0 Å². The summed E-state index contributed by atoms with van der Waals surface area (Å²) in [6.07, 6.45) is -6.78. The van der Waals surface area contributed by atoms with Crippen LogP contribution >= 0.6 is 0 Å². The topological polar surface area (TPSA) is 51.6 Å². The van der Waals surface area contributed by atoms with Crippen molar-refractivity contribution in [2.75, 3.05) is 0 Å². The van der Waals surface area contributed by atoms with Gasteiger partial charge in [-0.15, -0.1) is 0 Å². The van der Waals surface area contributed by atoms with E-state index >= 15 is 0 Å². The fraction of sp³-hybridized carbons (Fsp3) is 0.636. The Labute approximate surface area is 184 Å². The van der Waals surface area contributed by atoms with Crippen molar-refractivity contribution in [2.45, 2.75) is 95.7 Å². The summed E-state index contributed by atoms with van der Waals surface area (Å²) in [5, 5.41) is 14.1. The van der Waals surface area contributed by atoms with Gasteiger partial charge in [0.15, 0.2) is 0 Å². The molecule has 0 aliphatic carbocycles. The molecule has 31 heavy (non-hydrogen) atoms. The molecule has 2 aromatic heterocycles. The Morgan fingerprint density at radius 2 is 0.968 bits per heavy atom. The molecule has 9 heteroatoms. The number of alkyl halides is 5. The Kier molecular flexibility index (Phi) is 24.6. The molecule has 0 saturated carbocycles. The van der Waals surface area contributed by atoms with E-state index in [9.17, 15) is 22.0 Å². The third-order valence-electron chi connectivity index (χ3n) is 2.78. The zero-order valence-electron chi connectivity index (χ0n) is 20.9. The summed E-state index contributed by atoms with van der Waals surface area (Å²) < 4.78 is 60.8. The highest BCUT2D eigenvalue weighted by Gasteiger charge is 2.33. The number of aromatic nitrogens is 4. The smallest absolute Gasteiger partial charge is 0.205 e. The molecule has 0 atom stereocenters. The first kappa shape index (κ1) is 36.2. The molecule has 4 nitrogen and oxygen atoms in total. The van der Waals surface area contributed by atoms with Crippen molar-refractivity contribution in [3.05, 3.63) is 46.0 Å². The zero-order chi connectivity index (χ0) is 25.8. The maximum absolute atomic E-state index is 12.2. The van der Waals surface area contributed by atoms with Crippen LogP contribution in [0.4, 0.5) is 22.0 Å². The summed E-state index contributed by atoms with van der Waals surface area (Å²) in [7, 11) is 0. The maximum Gasteiger partial charge on any atom is 0.418 e. The molecule has 2 aromatic rings. The fourth-order valence-electron chi connectivity index (χ4n) is 1.63. The second-order valence-electron chi connectivity index (χ2n) is 4.81. The van der Waals surface area contributed by atoms with Crippen molar-refractivity contribution in [2.24, 2.45) is 0 Å². The molecular formula is C22H39F5N4. The van der Waals surface area contributed by atoms with Crippen LogP contribution in [-0.2, 0) is 6.18 Å². The maximum atomic E-state index is 12.2. The highest BCUT2D eigenvalue weighted by Crippen LogP contribution is 2.30. The lowest BCUT2D eigenvalue weighted by molar-refractivity contribution is -0.138. The first-order chi connectivity index (χ1) is 14.5. The van der Waals surface area contributed by atoms with E-state index in [1.807, 2.05) is 55.4 Å². The first-order valence-electron chi connectivity index (χ1n) is 10.5. The molecule has 0 unspecified atom stereocenters. The second kappa shape index (κ2) is 21.1. The minimum Gasteiger partial charge on any atom is -0.205 e.